The van der Waals surface area contributed by atoms with Gasteiger partial charge >= 0.3 is 12.0 Å². The van der Waals surface area contributed by atoms with Gasteiger partial charge in [-0.2, -0.15) is 0 Å². The largest absolute Gasteiger partial charge is 0.481 e. The number of aromatic nitrogens is 1. The van der Waals surface area contributed by atoms with Gasteiger partial charge in [0.05, 0.1) is 24.0 Å². The number of urea groups is 1. The fourth-order valence-corrected chi connectivity index (χ4v) is 1.19. The number of carboxylic acids is 1. The average molecular weight is 266 g/mol. The predicted octanol–water partition coefficient (Wildman–Crippen LogP) is -0.296. The molecule has 0 radical (unpaired) electrons. The van der Waals surface area contributed by atoms with Crippen LogP contribution in [0.2, 0.25) is 0 Å². The quantitative estimate of drug-likeness (QED) is 0.580. The molecule has 0 spiro atoms. The molecule has 8 heteroatoms. The molecule has 8 nitrogen and oxygen atoms in total. The number of aliphatic carboxylic acids is 1. The first-order chi connectivity index (χ1) is 8.88. The normalized spacial score (nSPS) is 11.4. The van der Waals surface area contributed by atoms with Crippen molar-refractivity contribution >= 4 is 23.6 Å². The van der Waals surface area contributed by atoms with Gasteiger partial charge in [-0.25, -0.2) is 4.79 Å². The van der Waals surface area contributed by atoms with Crippen molar-refractivity contribution in [3.8, 4) is 0 Å². The number of nitrogens with one attached hydrogen (secondary N) is 2. The van der Waals surface area contributed by atoms with Gasteiger partial charge in [0.1, 0.15) is 6.04 Å². The number of hydrogen-bond acceptors (Lipinski definition) is 4. The molecule has 0 aliphatic carbocycles. The van der Waals surface area contributed by atoms with Gasteiger partial charge in [-0.15, -0.1) is 0 Å². The molecular formula is C11H14N4O4. The molecule has 0 aliphatic heterocycles. The summed E-state index contributed by atoms with van der Waals surface area (Å²) in [6, 6.07) is 1.61. The van der Waals surface area contributed by atoms with Crippen LogP contribution in [0, 0.1) is 0 Å². The molecule has 19 heavy (non-hydrogen) atoms. The summed E-state index contributed by atoms with van der Waals surface area (Å²) >= 11 is 0. The van der Waals surface area contributed by atoms with Crippen molar-refractivity contribution in [3.63, 3.8) is 0 Å². The van der Waals surface area contributed by atoms with E-state index in [-0.39, 0.29) is 6.42 Å². The van der Waals surface area contributed by atoms with E-state index in [4.69, 9.17) is 10.8 Å². The lowest BCUT2D eigenvalue weighted by Gasteiger charge is -2.11. The van der Waals surface area contributed by atoms with Gasteiger partial charge in [-0.1, -0.05) is 0 Å². The number of pyridine rings is 1. The second-order valence-corrected chi connectivity index (χ2v) is 3.83. The Hall–Kier alpha value is -2.64. The van der Waals surface area contributed by atoms with Gasteiger partial charge in [-0.3, -0.25) is 14.6 Å². The summed E-state index contributed by atoms with van der Waals surface area (Å²) in [4.78, 5) is 36.5. The number of hydrogen-bond donors (Lipinski definition) is 4. The summed E-state index contributed by atoms with van der Waals surface area (Å²) < 4.78 is 0. The highest BCUT2D eigenvalue weighted by molar-refractivity contribution is 5.93. The molecule has 0 fully saturated rings. The lowest BCUT2D eigenvalue weighted by molar-refractivity contribution is -0.136. The molecule has 0 bridgehead atoms. The second-order valence-electron chi connectivity index (χ2n) is 3.83. The molecule has 1 atom stereocenters. The summed E-state index contributed by atoms with van der Waals surface area (Å²) in [7, 11) is 0. The highest BCUT2D eigenvalue weighted by Crippen LogP contribution is 2.06. The minimum absolute atomic E-state index is 0.189. The lowest BCUT2D eigenvalue weighted by Crippen LogP contribution is -2.44. The Morgan fingerprint density at radius 1 is 1.42 bits per heavy atom. The Labute approximate surface area is 109 Å². The fraction of sp³-hybridized carbons (Fsp3) is 0.273. The number of amides is 3. The maximum atomic E-state index is 11.4. The van der Waals surface area contributed by atoms with Crippen molar-refractivity contribution in [2.75, 3.05) is 5.32 Å². The first kappa shape index (κ1) is 14.4. The zero-order chi connectivity index (χ0) is 14.4. The molecule has 0 saturated heterocycles. The lowest BCUT2D eigenvalue weighted by atomic mass is 10.2. The molecule has 102 valence electrons. The molecular weight excluding hydrogens is 252 g/mol. The van der Waals surface area contributed by atoms with Gasteiger partial charge in [0, 0.05) is 0 Å². The van der Waals surface area contributed by atoms with Crippen LogP contribution in [0.5, 0.6) is 0 Å². The molecule has 1 unspecified atom stereocenters. The number of nitrogens with zero attached hydrogens (tertiary/aromatic N) is 1. The van der Waals surface area contributed by atoms with Gasteiger partial charge in [0.25, 0.3) is 0 Å². The number of carboxylic acid groups (broad SMARTS) is 1. The van der Waals surface area contributed by atoms with Crippen LogP contribution in [0.4, 0.5) is 10.5 Å². The van der Waals surface area contributed by atoms with E-state index in [1.54, 1.807) is 0 Å². The van der Waals surface area contributed by atoms with E-state index < -0.39 is 23.9 Å². The van der Waals surface area contributed by atoms with Crippen LogP contribution in [0.25, 0.3) is 0 Å². The van der Waals surface area contributed by atoms with E-state index in [2.05, 4.69) is 15.6 Å². The summed E-state index contributed by atoms with van der Waals surface area (Å²) in [5.74, 6) is -1.63. The molecule has 1 aromatic heterocycles. The molecule has 3 amide bonds. The Balaban J connectivity index is 2.55. The molecule has 1 aromatic rings. The zero-order valence-corrected chi connectivity index (χ0v) is 10.2. The first-order valence-electron chi connectivity index (χ1n) is 5.42. The van der Waals surface area contributed by atoms with E-state index in [0.717, 1.165) is 0 Å². The average Bonchev–Trinajstić information content (AvgIpc) is 2.30. The monoisotopic (exact) mass is 266 g/mol. The Bertz CT molecular complexity index is 486. The SMILES string of the molecule is CC(NC(=O)Nc1ccc(CC(=O)O)nc1)C(N)=O. The number of anilines is 1. The van der Waals surface area contributed by atoms with E-state index >= 15 is 0 Å². The highest BCUT2D eigenvalue weighted by Gasteiger charge is 2.12. The molecule has 0 saturated carbocycles. The van der Waals surface area contributed by atoms with Crippen molar-refractivity contribution in [3.05, 3.63) is 24.0 Å². The third-order valence-corrected chi connectivity index (χ3v) is 2.19. The van der Waals surface area contributed by atoms with Crippen LogP contribution in [-0.4, -0.2) is 34.0 Å². The zero-order valence-electron chi connectivity index (χ0n) is 10.2. The Kier molecular flexibility index (Phi) is 4.81. The topological polar surface area (TPSA) is 134 Å². The minimum Gasteiger partial charge on any atom is -0.481 e. The number of carbonyl (C=O) groups excluding carboxylic acids is 2. The molecule has 1 rings (SSSR count). The van der Waals surface area contributed by atoms with E-state index in [1.165, 1.54) is 25.3 Å². The highest BCUT2D eigenvalue weighted by atomic mass is 16.4. The molecule has 1 heterocycles. The van der Waals surface area contributed by atoms with Gasteiger partial charge in [0.2, 0.25) is 5.91 Å². The Morgan fingerprint density at radius 2 is 2.11 bits per heavy atom. The van der Waals surface area contributed by atoms with Crippen molar-refractivity contribution in [2.24, 2.45) is 5.73 Å². The van der Waals surface area contributed by atoms with Gasteiger partial charge in [-0.05, 0) is 19.1 Å². The summed E-state index contributed by atoms with van der Waals surface area (Å²) in [6.45, 7) is 1.45. The van der Waals surface area contributed by atoms with E-state index in [9.17, 15) is 14.4 Å². The number of nitrogens with two attached hydrogens (primary N) is 1. The van der Waals surface area contributed by atoms with Crippen molar-refractivity contribution < 1.29 is 19.5 Å². The second kappa shape index (κ2) is 6.34. The minimum atomic E-state index is -0.985. The predicted molar refractivity (Wildman–Crippen MR) is 66.4 cm³/mol. The summed E-state index contributed by atoms with van der Waals surface area (Å²) in [5.41, 5.74) is 5.75. The summed E-state index contributed by atoms with van der Waals surface area (Å²) in [6.07, 6.45) is 1.14. The van der Waals surface area contributed by atoms with E-state index in [0.29, 0.717) is 11.4 Å². The van der Waals surface area contributed by atoms with Crippen LogP contribution >= 0.6 is 0 Å². The van der Waals surface area contributed by atoms with Crippen LogP contribution in [0.1, 0.15) is 12.6 Å². The molecule has 0 aromatic carbocycles. The number of rotatable bonds is 5. The smallest absolute Gasteiger partial charge is 0.319 e. The van der Waals surface area contributed by atoms with Gasteiger partial charge in [0.15, 0.2) is 0 Å². The van der Waals surface area contributed by atoms with Crippen LogP contribution in [0.15, 0.2) is 18.3 Å². The fourth-order valence-electron chi connectivity index (χ4n) is 1.19. The Morgan fingerprint density at radius 3 is 2.58 bits per heavy atom. The standard InChI is InChI=1S/C11H14N4O4/c1-6(10(12)18)14-11(19)15-8-3-2-7(13-5-8)4-9(16)17/h2-3,5-6H,4H2,1H3,(H2,12,18)(H,16,17)(H2,14,15,19). The van der Waals surface area contributed by atoms with Crippen molar-refractivity contribution in [1.29, 1.82) is 0 Å². The third-order valence-electron chi connectivity index (χ3n) is 2.19. The maximum absolute atomic E-state index is 11.4. The van der Waals surface area contributed by atoms with Crippen LogP contribution < -0.4 is 16.4 Å². The molecule has 0 aliphatic rings. The van der Waals surface area contributed by atoms with Gasteiger partial charge < -0.3 is 21.5 Å². The van der Waals surface area contributed by atoms with Crippen LogP contribution in [0.3, 0.4) is 0 Å². The summed E-state index contributed by atoms with van der Waals surface area (Å²) in [5, 5.41) is 13.3. The molecule has 5 N–H and O–H groups in total. The maximum Gasteiger partial charge on any atom is 0.319 e. The van der Waals surface area contributed by atoms with Crippen molar-refractivity contribution in [1.82, 2.24) is 10.3 Å². The van der Waals surface area contributed by atoms with E-state index in [1.807, 2.05) is 0 Å². The first-order valence-corrected chi connectivity index (χ1v) is 5.42. The number of primary amides is 1. The van der Waals surface area contributed by atoms with Crippen molar-refractivity contribution in [2.45, 2.75) is 19.4 Å². The van der Waals surface area contributed by atoms with Crippen LogP contribution in [-0.2, 0) is 16.0 Å². The third kappa shape index (κ3) is 5.02. The number of carbonyl (C=O) groups is 3.